The van der Waals surface area contributed by atoms with E-state index in [1.165, 1.54) is 0 Å². The molecule has 0 atom stereocenters. The summed E-state index contributed by atoms with van der Waals surface area (Å²) in [6, 6.07) is 16.5. The maximum atomic E-state index is 9.04. The Balaban J connectivity index is 1.83. The monoisotopic (exact) mass is 327 g/mol. The smallest absolute Gasteiger partial charge is 0.143 e. The van der Waals surface area contributed by atoms with E-state index in [-0.39, 0.29) is 0 Å². The first-order valence-electron chi connectivity index (χ1n) is 8.14. The molecule has 2 heterocycles. The van der Waals surface area contributed by atoms with Gasteiger partial charge in [0, 0.05) is 10.9 Å². The minimum Gasteiger partial charge on any atom is -0.361 e. The number of nitrogens with zero attached hydrogens (tertiary/aromatic N) is 2. The number of rotatable bonds is 2. The third-order valence-electron chi connectivity index (χ3n) is 4.59. The summed E-state index contributed by atoms with van der Waals surface area (Å²) in [5, 5.41) is 14.2. The van der Waals surface area contributed by atoms with E-state index in [1.807, 2.05) is 39.0 Å². The third kappa shape index (κ3) is 2.50. The van der Waals surface area contributed by atoms with Gasteiger partial charge in [-0.2, -0.15) is 5.26 Å². The SMILES string of the molecule is Cc1cc(C#N)ccc1-c1ccc2[nH]c(-c3c(C)noc3C)cc2c1. The molecule has 0 amide bonds. The molecule has 4 heteroatoms. The van der Waals surface area contributed by atoms with Gasteiger partial charge in [-0.3, -0.25) is 0 Å². The predicted octanol–water partition coefficient (Wildman–Crippen LogP) is 5.29. The first-order chi connectivity index (χ1) is 12.1. The molecule has 2 aromatic heterocycles. The molecule has 1 N–H and O–H groups in total. The molecule has 4 aromatic rings. The van der Waals surface area contributed by atoms with Crippen LogP contribution in [0.5, 0.6) is 0 Å². The van der Waals surface area contributed by atoms with Crippen LogP contribution < -0.4 is 0 Å². The zero-order valence-electron chi connectivity index (χ0n) is 14.3. The molecule has 0 fully saturated rings. The fraction of sp³-hybridized carbons (Fsp3) is 0.143. The lowest BCUT2D eigenvalue weighted by molar-refractivity contribution is 0.393. The van der Waals surface area contributed by atoms with E-state index in [0.29, 0.717) is 5.56 Å². The van der Waals surface area contributed by atoms with Gasteiger partial charge in [0.25, 0.3) is 0 Å². The summed E-state index contributed by atoms with van der Waals surface area (Å²) in [5.41, 5.74) is 8.05. The van der Waals surface area contributed by atoms with Gasteiger partial charge in [0.2, 0.25) is 0 Å². The van der Waals surface area contributed by atoms with E-state index < -0.39 is 0 Å². The number of aromatic amines is 1. The predicted molar refractivity (Wildman–Crippen MR) is 98.2 cm³/mol. The van der Waals surface area contributed by atoms with Crippen molar-refractivity contribution in [3.05, 3.63) is 65.0 Å². The topological polar surface area (TPSA) is 65.6 Å². The molecule has 0 aliphatic rings. The Morgan fingerprint density at radius 1 is 1.04 bits per heavy atom. The van der Waals surface area contributed by atoms with Crippen LogP contribution in [0.1, 0.15) is 22.6 Å². The van der Waals surface area contributed by atoms with Crippen LogP contribution in [0.2, 0.25) is 0 Å². The number of aromatic nitrogens is 2. The van der Waals surface area contributed by atoms with Crippen LogP contribution in [-0.4, -0.2) is 10.1 Å². The molecule has 0 radical (unpaired) electrons. The zero-order valence-corrected chi connectivity index (χ0v) is 14.3. The van der Waals surface area contributed by atoms with E-state index >= 15 is 0 Å². The molecule has 4 nitrogen and oxygen atoms in total. The van der Waals surface area contributed by atoms with Crippen molar-refractivity contribution in [2.45, 2.75) is 20.8 Å². The molecule has 2 aromatic carbocycles. The quantitative estimate of drug-likeness (QED) is 0.544. The number of fused-ring (bicyclic) bond motifs is 1. The van der Waals surface area contributed by atoms with Crippen LogP contribution in [0.3, 0.4) is 0 Å². The summed E-state index contributed by atoms with van der Waals surface area (Å²) in [6.07, 6.45) is 0. The maximum absolute atomic E-state index is 9.04. The van der Waals surface area contributed by atoms with Crippen molar-refractivity contribution in [2.75, 3.05) is 0 Å². The van der Waals surface area contributed by atoms with Crippen LogP contribution in [0.15, 0.2) is 47.0 Å². The van der Waals surface area contributed by atoms with Crippen LogP contribution in [0.4, 0.5) is 0 Å². The zero-order chi connectivity index (χ0) is 17.6. The second kappa shape index (κ2) is 5.64. The van der Waals surface area contributed by atoms with Crippen molar-refractivity contribution in [1.82, 2.24) is 10.1 Å². The Bertz CT molecular complexity index is 1120. The highest BCUT2D eigenvalue weighted by molar-refractivity contribution is 5.90. The van der Waals surface area contributed by atoms with Gasteiger partial charge in [0.15, 0.2) is 0 Å². The van der Waals surface area contributed by atoms with Crippen LogP contribution >= 0.6 is 0 Å². The molecule has 0 aliphatic heterocycles. The number of nitriles is 1. The summed E-state index contributed by atoms with van der Waals surface area (Å²) in [7, 11) is 0. The average Bonchev–Trinajstić information content (AvgIpc) is 3.16. The maximum Gasteiger partial charge on any atom is 0.143 e. The molecule has 0 aliphatic carbocycles. The van der Waals surface area contributed by atoms with E-state index in [1.54, 1.807) is 0 Å². The minimum absolute atomic E-state index is 0.685. The Morgan fingerprint density at radius 2 is 1.88 bits per heavy atom. The highest BCUT2D eigenvalue weighted by Gasteiger charge is 2.14. The highest BCUT2D eigenvalue weighted by Crippen LogP contribution is 2.32. The fourth-order valence-electron chi connectivity index (χ4n) is 3.36. The molecule has 0 bridgehead atoms. The molecule has 4 rings (SSSR count). The van der Waals surface area contributed by atoms with Gasteiger partial charge in [-0.25, -0.2) is 0 Å². The van der Waals surface area contributed by atoms with Gasteiger partial charge in [-0.15, -0.1) is 0 Å². The minimum atomic E-state index is 0.685. The van der Waals surface area contributed by atoms with Crippen molar-refractivity contribution in [3.8, 4) is 28.5 Å². The molecule has 0 saturated heterocycles. The van der Waals surface area contributed by atoms with Gasteiger partial charge in [0.1, 0.15) is 5.76 Å². The molecule has 25 heavy (non-hydrogen) atoms. The van der Waals surface area contributed by atoms with Crippen molar-refractivity contribution in [1.29, 1.82) is 5.26 Å². The molecule has 0 saturated carbocycles. The Morgan fingerprint density at radius 3 is 2.56 bits per heavy atom. The first kappa shape index (κ1) is 15.2. The van der Waals surface area contributed by atoms with Gasteiger partial charge in [-0.05, 0) is 67.8 Å². The number of hydrogen-bond donors (Lipinski definition) is 1. The standard InChI is InChI=1S/C21H17N3O/c1-12-8-15(11-22)4-6-18(12)16-5-7-19-17(9-16)10-20(23-19)21-13(2)24-25-14(21)3/h4-10,23H,1-3H3. The van der Waals surface area contributed by atoms with Gasteiger partial charge in [-0.1, -0.05) is 17.3 Å². The van der Waals surface area contributed by atoms with Crippen LogP contribution in [-0.2, 0) is 0 Å². The number of benzene rings is 2. The molecule has 0 unspecified atom stereocenters. The van der Waals surface area contributed by atoms with Crippen LogP contribution in [0, 0.1) is 32.1 Å². The summed E-state index contributed by atoms with van der Waals surface area (Å²) in [4.78, 5) is 3.45. The number of H-pyrrole nitrogens is 1. The molecular formula is C21H17N3O. The summed E-state index contributed by atoms with van der Waals surface area (Å²) in [6.45, 7) is 5.90. The lowest BCUT2D eigenvalue weighted by atomic mass is 9.98. The van der Waals surface area contributed by atoms with Crippen molar-refractivity contribution >= 4 is 10.9 Å². The summed E-state index contributed by atoms with van der Waals surface area (Å²) >= 11 is 0. The third-order valence-corrected chi connectivity index (χ3v) is 4.59. The lowest BCUT2D eigenvalue weighted by Crippen LogP contribution is -1.85. The van der Waals surface area contributed by atoms with E-state index in [9.17, 15) is 0 Å². The highest BCUT2D eigenvalue weighted by atomic mass is 16.5. The Kier molecular flexibility index (Phi) is 3.43. The molecule has 122 valence electrons. The Labute approximate surface area is 145 Å². The van der Waals surface area contributed by atoms with Gasteiger partial charge in [0.05, 0.1) is 28.6 Å². The lowest BCUT2D eigenvalue weighted by Gasteiger charge is -2.06. The fourth-order valence-corrected chi connectivity index (χ4v) is 3.36. The van der Waals surface area contributed by atoms with Crippen molar-refractivity contribution in [2.24, 2.45) is 0 Å². The Hall–Kier alpha value is -3.32. The molecule has 0 spiro atoms. The summed E-state index contributed by atoms with van der Waals surface area (Å²) in [5.74, 6) is 0.812. The van der Waals surface area contributed by atoms with Crippen molar-refractivity contribution in [3.63, 3.8) is 0 Å². The normalized spacial score (nSPS) is 11.0. The first-order valence-corrected chi connectivity index (χ1v) is 8.14. The van der Waals surface area contributed by atoms with Crippen molar-refractivity contribution < 1.29 is 4.52 Å². The largest absolute Gasteiger partial charge is 0.361 e. The number of nitrogens with one attached hydrogen (secondary N) is 1. The average molecular weight is 327 g/mol. The van der Waals surface area contributed by atoms with Gasteiger partial charge >= 0.3 is 0 Å². The van der Waals surface area contributed by atoms with Gasteiger partial charge < -0.3 is 9.51 Å². The second-order valence-electron chi connectivity index (χ2n) is 6.33. The molecular weight excluding hydrogens is 310 g/mol. The van der Waals surface area contributed by atoms with E-state index in [4.69, 9.17) is 9.78 Å². The van der Waals surface area contributed by atoms with Crippen LogP contribution in [0.25, 0.3) is 33.3 Å². The number of hydrogen-bond acceptors (Lipinski definition) is 3. The summed E-state index contributed by atoms with van der Waals surface area (Å²) < 4.78 is 5.28. The van der Waals surface area contributed by atoms with E-state index in [2.05, 4.69) is 40.5 Å². The second-order valence-corrected chi connectivity index (χ2v) is 6.33. The number of aryl methyl sites for hydroxylation is 3. The van der Waals surface area contributed by atoms with E-state index in [0.717, 1.165) is 50.3 Å².